The van der Waals surface area contributed by atoms with Gasteiger partial charge in [-0.05, 0) is 180 Å². The Morgan fingerprint density at radius 1 is 0.382 bits per heavy atom. The molecule has 0 saturated carbocycles. The lowest BCUT2D eigenvalue weighted by molar-refractivity contribution is -0.146. The van der Waals surface area contributed by atoms with Crippen molar-refractivity contribution < 1.29 is 53.4 Å². The highest BCUT2D eigenvalue weighted by molar-refractivity contribution is 9.14. The second-order valence-electron chi connectivity index (χ2n) is 32.0. The van der Waals surface area contributed by atoms with Crippen LogP contribution >= 0.6 is 124 Å². The molecule has 131 heavy (non-hydrogen) atoms. The summed E-state index contributed by atoms with van der Waals surface area (Å²) in [6.45, 7) is 29.2. The summed E-state index contributed by atoms with van der Waals surface area (Å²) in [4.78, 5) is 75.8. The van der Waals surface area contributed by atoms with Crippen LogP contribution in [0, 0.1) is 89.0 Å². The number of aliphatic hydroxyl groups excluding tert-OH is 3. The number of aliphatic hydroxyl groups is 3. The number of hydrogen-bond acceptors (Lipinski definition) is 27. The number of esters is 4. The van der Waals surface area contributed by atoms with Gasteiger partial charge in [-0.2, -0.15) is 0 Å². The van der Waals surface area contributed by atoms with Gasteiger partial charge in [-0.1, -0.05) is 153 Å². The highest BCUT2D eigenvalue weighted by atomic mass is 79.9. The molecule has 12 aromatic rings. The molecule has 0 bridgehead atoms. The van der Waals surface area contributed by atoms with Crippen LogP contribution in [0.25, 0.3) is 20.0 Å². The minimum Gasteiger partial charge on any atom is -0.466 e. The van der Waals surface area contributed by atoms with Crippen molar-refractivity contribution in [2.45, 2.75) is 185 Å². The van der Waals surface area contributed by atoms with Crippen molar-refractivity contribution in [3.05, 3.63) is 259 Å². The van der Waals surface area contributed by atoms with Crippen LogP contribution in [0.15, 0.2) is 126 Å². The van der Waals surface area contributed by atoms with Gasteiger partial charge in [0.05, 0.1) is 75.0 Å². The van der Waals surface area contributed by atoms with Crippen LogP contribution in [0.4, 0.5) is 0 Å². The fourth-order valence-electron chi connectivity index (χ4n) is 15.1. The Hall–Kier alpha value is -9.46. The smallest absolute Gasteiger partial charge is 0.308 e. The summed E-state index contributed by atoms with van der Waals surface area (Å²) >= 11 is 37.8. The maximum atomic E-state index is 12.8. The molecule has 3 N–H and O–H groups in total. The summed E-state index contributed by atoms with van der Waals surface area (Å²) in [7, 11) is 0. The third-order valence-electron chi connectivity index (χ3n) is 22.6. The van der Waals surface area contributed by atoms with Crippen molar-refractivity contribution in [3.63, 3.8) is 0 Å². The van der Waals surface area contributed by atoms with E-state index < -0.39 is 30.1 Å². The van der Waals surface area contributed by atoms with Gasteiger partial charge in [-0.15, -0.1) is 86.1 Å². The number of halogens is 6. The molecule has 27 nitrogen and oxygen atoms in total. The molecular weight excluding hydrogens is 1960 g/mol. The SMILES string of the molecule is CCCCOC(=O)CC1N=C(c2ccc(Cl)cc2)c2c(sc(C)c2C)-n2c(C)nnc21.Cc1sc2c(c1C)C(c1ccc(Cl)cc1)=NC(CC(=O)OC/C(Br)=C(\Br)CO)c1nnc(C)n1-2.Cc1sc2c(c1C)C(c1ccc(Cl)cc1)=NC(CC(=O)OCC(C)CO)c1nnc(C)n1-2.Cc1sc2c(c1C)C(c1ccc(Cl)cc1)=NC(CC(=O)OCCCCCCO)c1nnc(C)n1-2. The minimum absolute atomic E-state index is 0.00217. The molecule has 12 heterocycles. The van der Waals surface area contributed by atoms with Gasteiger partial charge in [0.2, 0.25) is 0 Å². The molecule has 4 aliphatic rings. The lowest BCUT2D eigenvalue weighted by atomic mass is 9.99. The number of benzene rings is 4. The highest BCUT2D eigenvalue weighted by Crippen LogP contribution is 2.46. The molecule has 37 heteroatoms. The summed E-state index contributed by atoms with van der Waals surface area (Å²) in [5, 5.41) is 68.7. The van der Waals surface area contributed by atoms with Gasteiger partial charge in [0.25, 0.3) is 0 Å². The highest BCUT2D eigenvalue weighted by Gasteiger charge is 2.39. The summed E-state index contributed by atoms with van der Waals surface area (Å²) in [6.07, 6.45) is 5.43. The van der Waals surface area contributed by atoms with E-state index in [-0.39, 0.29) is 82.5 Å². The van der Waals surface area contributed by atoms with Crippen LogP contribution in [-0.4, -0.2) is 167 Å². The second kappa shape index (κ2) is 44.6. The molecule has 0 aliphatic carbocycles. The van der Waals surface area contributed by atoms with Gasteiger partial charge >= 0.3 is 23.9 Å². The van der Waals surface area contributed by atoms with Crippen LogP contribution in [-0.2, 0) is 38.1 Å². The molecule has 4 aromatic carbocycles. The average Bonchev–Trinajstić information content (AvgIpc) is 1.61. The van der Waals surface area contributed by atoms with Crippen molar-refractivity contribution in [2.24, 2.45) is 25.9 Å². The molecule has 688 valence electrons. The number of aryl methyl sites for hydroxylation is 8. The number of aromatic nitrogens is 12. The van der Waals surface area contributed by atoms with E-state index in [1.54, 1.807) is 45.3 Å². The third kappa shape index (κ3) is 22.6. The molecule has 0 radical (unpaired) electrons. The summed E-state index contributed by atoms with van der Waals surface area (Å²) in [6, 6.07) is 28.2. The zero-order valence-electron chi connectivity index (χ0n) is 74.8. The zero-order valence-corrected chi connectivity index (χ0v) is 84.3. The number of thiophene rings is 4. The summed E-state index contributed by atoms with van der Waals surface area (Å²) in [5.74, 6) is 3.97. The standard InChI is InChI=1S/C25H29ClN4O3S.C23H21Br2ClN4O3S.C23H25ClN4O3S.C23H25ClN4O2S/c1-15-16(2)34-25-22(15)23(18-8-10-19(26)11-9-18)27-20(24-29-28-17(3)30(24)25)14-21(32)33-13-7-5-4-6-12-31;1-11-12(2)34-23-20(11)21(14-4-6-15(26)7-5-14)27-18(22-29-28-13(3)30(22)23)8-19(32)33-10-17(25)16(24)9-31;1-12(10-29)11-31-19(30)9-18-22-27-26-15(4)28(22)23-20(13(2)14(3)32-23)21(25-18)16-5-7-17(24)8-6-16;1-5-6-11-30-19(29)12-18-22-27-26-15(4)28(22)23-20(13(2)14(3)31-23)21(25-18)16-7-9-17(24)10-8-16/h8-11,20,31H,4-7,12-14H2,1-3H3;4-7,18,31H,8-10H2,1-3H3;5-8,12,18,29H,9-11H2,1-4H3;7-10,18H,5-6,11-12H2,1-4H3/b;17-16+;;. The number of hydrogen-bond donors (Lipinski definition) is 3. The predicted molar refractivity (Wildman–Crippen MR) is 524 cm³/mol. The van der Waals surface area contributed by atoms with Crippen LogP contribution in [0.3, 0.4) is 0 Å². The number of carbonyl (C=O) groups excluding carboxylic acids is 4. The van der Waals surface area contributed by atoms with E-state index in [9.17, 15) is 29.4 Å². The molecule has 0 spiro atoms. The first-order valence-corrected chi connectivity index (χ1v) is 49.1. The Kier molecular flexibility index (Phi) is 33.7. The van der Waals surface area contributed by atoms with E-state index in [1.807, 2.05) is 150 Å². The monoisotopic (exact) mass is 2050 g/mol. The minimum atomic E-state index is -0.595. The molecule has 5 unspecified atom stereocenters. The van der Waals surface area contributed by atoms with Crippen molar-refractivity contribution >= 4 is 170 Å². The maximum Gasteiger partial charge on any atom is 0.308 e. The second-order valence-corrected chi connectivity index (χ2v) is 40.4. The lowest BCUT2D eigenvalue weighted by Gasteiger charge is -2.14. The zero-order chi connectivity index (χ0) is 93.9. The first-order chi connectivity index (χ1) is 62.8. The van der Waals surface area contributed by atoms with E-state index >= 15 is 0 Å². The molecule has 8 aromatic heterocycles. The molecule has 0 amide bonds. The van der Waals surface area contributed by atoms with Crippen LogP contribution in [0.1, 0.15) is 235 Å². The number of aliphatic imine (C=N–C) groups is 4. The van der Waals surface area contributed by atoms with E-state index in [0.29, 0.717) is 65.6 Å². The Labute approximate surface area is 812 Å². The Bertz CT molecular complexity index is 6360. The van der Waals surface area contributed by atoms with Gasteiger partial charge in [0, 0.05) is 112 Å². The van der Waals surface area contributed by atoms with Crippen molar-refractivity contribution in [2.75, 3.05) is 46.2 Å². The van der Waals surface area contributed by atoms with E-state index in [4.69, 9.17) is 90.4 Å². The number of rotatable bonds is 27. The molecular formula is C94H100Br2Cl4N16O11S4. The normalized spacial score (nSPS) is 15.4. The summed E-state index contributed by atoms with van der Waals surface area (Å²) in [5.41, 5.74) is 15.6. The van der Waals surface area contributed by atoms with Gasteiger partial charge in [-0.25, -0.2) is 0 Å². The predicted octanol–water partition coefficient (Wildman–Crippen LogP) is 20.9. The van der Waals surface area contributed by atoms with Crippen LogP contribution in [0.5, 0.6) is 0 Å². The Morgan fingerprint density at radius 2 is 0.656 bits per heavy atom. The largest absolute Gasteiger partial charge is 0.466 e. The van der Waals surface area contributed by atoms with Gasteiger partial charge in [0.15, 0.2) is 23.3 Å². The number of ether oxygens (including phenoxy) is 4. The van der Waals surface area contributed by atoms with E-state index in [2.05, 4.69) is 135 Å². The molecule has 0 fully saturated rings. The third-order valence-corrected chi connectivity index (χ3v) is 30.3. The number of nitrogens with zero attached hydrogens (tertiary/aromatic N) is 16. The van der Waals surface area contributed by atoms with Gasteiger partial charge < -0.3 is 34.3 Å². The fraction of sp³-hybridized carbons (Fsp3) is 0.383. The van der Waals surface area contributed by atoms with E-state index in [1.165, 1.54) is 25.1 Å². The Balaban J connectivity index is 0.000000149. The topological polar surface area (TPSA) is 338 Å². The quantitative estimate of drug-likeness (QED) is 0.0244. The molecule has 5 atom stereocenters. The number of unbranched alkanes of at least 4 members (excludes halogenated alkanes) is 4. The van der Waals surface area contributed by atoms with E-state index in [0.717, 1.165) is 166 Å². The fourth-order valence-corrected chi connectivity index (χ4v) is 20.8. The average molecular weight is 2060 g/mol. The van der Waals surface area contributed by atoms with Crippen LogP contribution in [0.2, 0.25) is 20.1 Å². The Morgan fingerprint density at radius 3 is 0.931 bits per heavy atom. The van der Waals surface area contributed by atoms with Crippen molar-refractivity contribution in [1.82, 2.24) is 59.1 Å². The molecule has 16 rings (SSSR count). The maximum absolute atomic E-state index is 12.8. The molecule has 0 saturated heterocycles. The van der Waals surface area contributed by atoms with Crippen LogP contribution < -0.4 is 0 Å². The first kappa shape index (κ1) is 99.0. The first-order valence-electron chi connectivity index (χ1n) is 42.7. The summed E-state index contributed by atoms with van der Waals surface area (Å²) < 4.78 is 30.9. The molecule has 4 aliphatic heterocycles. The number of fused-ring (bicyclic) bond motifs is 12. The number of carbonyl (C=O) groups is 4. The lowest BCUT2D eigenvalue weighted by Crippen LogP contribution is -2.17. The van der Waals surface area contributed by atoms with Gasteiger partial charge in [0.1, 0.15) is 74.1 Å². The van der Waals surface area contributed by atoms with Crippen molar-refractivity contribution in [3.8, 4) is 20.0 Å². The van der Waals surface area contributed by atoms with Crippen molar-refractivity contribution in [1.29, 1.82) is 0 Å². The van der Waals surface area contributed by atoms with Gasteiger partial charge in [-0.3, -0.25) is 57.4 Å².